The minimum atomic E-state index is -0.546. The van der Waals surface area contributed by atoms with E-state index in [4.69, 9.17) is 9.47 Å². The highest BCUT2D eigenvalue weighted by molar-refractivity contribution is 5.99. The van der Waals surface area contributed by atoms with Gasteiger partial charge in [-0.15, -0.1) is 0 Å². The third-order valence-corrected chi connectivity index (χ3v) is 5.25. The lowest BCUT2D eigenvalue weighted by molar-refractivity contribution is -0.125. The highest BCUT2D eigenvalue weighted by Crippen LogP contribution is 2.37. The van der Waals surface area contributed by atoms with Gasteiger partial charge >= 0.3 is 0 Å². The molecule has 1 saturated heterocycles. The van der Waals surface area contributed by atoms with E-state index in [0.29, 0.717) is 32.7 Å². The van der Waals surface area contributed by atoms with E-state index in [1.165, 1.54) is 5.56 Å². The van der Waals surface area contributed by atoms with Crippen molar-refractivity contribution < 1.29 is 14.3 Å². The van der Waals surface area contributed by atoms with Gasteiger partial charge in [-0.25, -0.2) is 0 Å². The van der Waals surface area contributed by atoms with Crippen LogP contribution in [0.1, 0.15) is 42.9 Å². The molecule has 1 fully saturated rings. The van der Waals surface area contributed by atoms with Gasteiger partial charge < -0.3 is 14.8 Å². The molecule has 0 aliphatic carbocycles. The van der Waals surface area contributed by atoms with Crippen molar-refractivity contribution in [3.8, 4) is 5.75 Å². The molecule has 2 aromatic carbocycles. The van der Waals surface area contributed by atoms with Gasteiger partial charge in [0.15, 0.2) is 0 Å². The van der Waals surface area contributed by atoms with Gasteiger partial charge in [0.05, 0.1) is 12.0 Å². The lowest BCUT2D eigenvalue weighted by atomic mass is 9.73. The van der Waals surface area contributed by atoms with Gasteiger partial charge in [0.2, 0.25) is 5.91 Å². The number of carbonyl (C=O) groups excluding carboxylic acids is 1. The maximum absolute atomic E-state index is 13.4. The van der Waals surface area contributed by atoms with E-state index in [9.17, 15) is 4.79 Å². The minimum Gasteiger partial charge on any atom is -0.493 e. The Balaban J connectivity index is 1.84. The van der Waals surface area contributed by atoms with Crippen molar-refractivity contribution in [2.45, 2.75) is 45.4 Å². The molecular weight excluding hydrogens is 338 g/mol. The summed E-state index contributed by atoms with van der Waals surface area (Å²) in [7, 11) is 0. The van der Waals surface area contributed by atoms with E-state index in [1.807, 2.05) is 31.2 Å². The molecule has 0 spiro atoms. The zero-order chi connectivity index (χ0) is 19.3. The Labute approximate surface area is 161 Å². The van der Waals surface area contributed by atoms with Crippen LogP contribution in [0.4, 0.5) is 5.69 Å². The Morgan fingerprint density at radius 3 is 2.59 bits per heavy atom. The fourth-order valence-corrected chi connectivity index (χ4v) is 3.66. The zero-order valence-electron chi connectivity index (χ0n) is 16.5. The lowest BCUT2D eigenvalue weighted by Crippen LogP contribution is -2.44. The smallest absolute Gasteiger partial charge is 0.235 e. The molecule has 1 heterocycles. The average molecular weight is 367 g/mol. The van der Waals surface area contributed by atoms with E-state index < -0.39 is 5.41 Å². The molecule has 3 rings (SSSR count). The van der Waals surface area contributed by atoms with Crippen LogP contribution in [0.15, 0.2) is 42.5 Å². The van der Waals surface area contributed by atoms with Crippen molar-refractivity contribution in [3.05, 3.63) is 59.2 Å². The maximum Gasteiger partial charge on any atom is 0.235 e. The average Bonchev–Trinajstić information content (AvgIpc) is 2.68. The van der Waals surface area contributed by atoms with E-state index in [0.717, 1.165) is 29.0 Å². The topological polar surface area (TPSA) is 47.6 Å². The van der Waals surface area contributed by atoms with Crippen molar-refractivity contribution in [1.82, 2.24) is 0 Å². The Bertz CT molecular complexity index is 794. The first kappa shape index (κ1) is 19.4. The molecule has 4 nitrogen and oxygen atoms in total. The van der Waals surface area contributed by atoms with Gasteiger partial charge in [0.1, 0.15) is 5.75 Å². The number of ether oxygens (including phenoxy) is 2. The molecule has 0 atom stereocenters. The van der Waals surface area contributed by atoms with Gasteiger partial charge in [0, 0.05) is 18.9 Å². The van der Waals surface area contributed by atoms with Gasteiger partial charge in [-0.1, -0.05) is 36.8 Å². The molecule has 0 unspecified atom stereocenters. The van der Waals surface area contributed by atoms with Crippen LogP contribution in [0.25, 0.3) is 0 Å². The molecule has 1 N–H and O–H groups in total. The van der Waals surface area contributed by atoms with Crippen LogP contribution in [0.2, 0.25) is 0 Å². The van der Waals surface area contributed by atoms with Gasteiger partial charge in [-0.3, -0.25) is 4.79 Å². The van der Waals surface area contributed by atoms with E-state index in [2.05, 4.69) is 37.4 Å². The van der Waals surface area contributed by atoms with E-state index >= 15 is 0 Å². The molecule has 1 aliphatic heterocycles. The number of anilines is 1. The maximum atomic E-state index is 13.4. The number of hydrogen-bond acceptors (Lipinski definition) is 3. The molecule has 0 aromatic heterocycles. The molecule has 0 radical (unpaired) electrons. The second kappa shape index (κ2) is 8.57. The summed E-state index contributed by atoms with van der Waals surface area (Å²) in [5, 5.41) is 3.14. The number of hydrogen-bond donors (Lipinski definition) is 1. The summed E-state index contributed by atoms with van der Waals surface area (Å²) >= 11 is 0. The van der Waals surface area contributed by atoms with Gasteiger partial charge in [-0.05, 0) is 62.4 Å². The summed E-state index contributed by atoms with van der Waals surface area (Å²) in [5.74, 6) is 0.910. The second-order valence-corrected chi connectivity index (χ2v) is 7.35. The van der Waals surface area contributed by atoms with Crippen LogP contribution in [0, 0.1) is 13.8 Å². The van der Waals surface area contributed by atoms with E-state index in [1.54, 1.807) is 0 Å². The molecule has 0 bridgehead atoms. The van der Waals surface area contributed by atoms with E-state index in [-0.39, 0.29) is 5.91 Å². The highest BCUT2D eigenvalue weighted by Gasteiger charge is 2.41. The van der Waals surface area contributed by atoms with Crippen LogP contribution < -0.4 is 10.1 Å². The number of amides is 1. The number of rotatable bonds is 6. The first-order valence-electron chi connectivity index (χ1n) is 9.75. The number of aryl methyl sites for hydroxylation is 2. The molecular formula is C23H29NO3. The van der Waals surface area contributed by atoms with Crippen LogP contribution in [-0.2, 0) is 14.9 Å². The third-order valence-electron chi connectivity index (χ3n) is 5.25. The van der Waals surface area contributed by atoms with Crippen molar-refractivity contribution >= 4 is 11.6 Å². The lowest BCUT2D eigenvalue weighted by Gasteiger charge is -2.36. The molecule has 4 heteroatoms. The second-order valence-electron chi connectivity index (χ2n) is 7.35. The number of carbonyl (C=O) groups is 1. The van der Waals surface area contributed by atoms with Crippen molar-refractivity contribution in [3.63, 3.8) is 0 Å². The monoisotopic (exact) mass is 367 g/mol. The molecule has 1 amide bonds. The number of benzene rings is 2. The van der Waals surface area contributed by atoms with Gasteiger partial charge in [0.25, 0.3) is 0 Å². The first-order chi connectivity index (χ1) is 13.0. The normalized spacial score (nSPS) is 16.0. The highest BCUT2D eigenvalue weighted by atomic mass is 16.5. The minimum absolute atomic E-state index is 0.0398. The Hall–Kier alpha value is -2.33. The first-order valence-corrected chi connectivity index (χ1v) is 9.75. The van der Waals surface area contributed by atoms with Crippen molar-refractivity contribution in [2.75, 3.05) is 25.1 Å². The largest absolute Gasteiger partial charge is 0.493 e. The third kappa shape index (κ3) is 4.33. The Morgan fingerprint density at radius 1 is 1.15 bits per heavy atom. The molecule has 2 aromatic rings. The fraction of sp³-hybridized carbons (Fsp3) is 0.435. The Morgan fingerprint density at radius 2 is 1.93 bits per heavy atom. The summed E-state index contributed by atoms with van der Waals surface area (Å²) in [6.45, 7) is 8.05. The van der Waals surface area contributed by atoms with Crippen molar-refractivity contribution in [1.29, 1.82) is 0 Å². The molecule has 27 heavy (non-hydrogen) atoms. The SMILES string of the molecule is CCCOc1ccc(NC(=O)C2(c3cccc(C)c3)CCOCC2)cc1C. The summed E-state index contributed by atoms with van der Waals surface area (Å²) in [5.41, 5.74) is 3.52. The fourth-order valence-electron chi connectivity index (χ4n) is 3.66. The molecule has 0 saturated carbocycles. The molecule has 1 aliphatic rings. The van der Waals surface area contributed by atoms with Crippen molar-refractivity contribution in [2.24, 2.45) is 0 Å². The van der Waals surface area contributed by atoms with Crippen LogP contribution in [0.3, 0.4) is 0 Å². The quantitative estimate of drug-likeness (QED) is 0.799. The summed E-state index contributed by atoms with van der Waals surface area (Å²) in [4.78, 5) is 13.4. The molecule has 144 valence electrons. The standard InChI is InChI=1S/C23H29NO3/c1-4-12-27-21-9-8-20(16-18(21)3)24-22(25)23(10-13-26-14-11-23)19-7-5-6-17(2)15-19/h5-9,15-16H,4,10-14H2,1-3H3,(H,24,25). The van der Waals surface area contributed by atoms with Crippen LogP contribution in [-0.4, -0.2) is 25.7 Å². The summed E-state index contributed by atoms with van der Waals surface area (Å²) < 4.78 is 11.3. The summed E-state index contributed by atoms with van der Waals surface area (Å²) in [6, 6.07) is 14.1. The predicted molar refractivity (Wildman–Crippen MR) is 109 cm³/mol. The Kier molecular flexibility index (Phi) is 6.17. The number of nitrogens with one attached hydrogen (secondary N) is 1. The predicted octanol–water partition coefficient (Wildman–Crippen LogP) is 4.78. The zero-order valence-corrected chi connectivity index (χ0v) is 16.5. The van der Waals surface area contributed by atoms with Gasteiger partial charge in [-0.2, -0.15) is 0 Å². The van der Waals surface area contributed by atoms with Crippen LogP contribution in [0.5, 0.6) is 5.75 Å². The van der Waals surface area contributed by atoms with Crippen LogP contribution >= 0.6 is 0 Å². The summed E-state index contributed by atoms with van der Waals surface area (Å²) in [6.07, 6.45) is 2.36.